The molecule has 0 amide bonds. The van der Waals surface area contributed by atoms with Gasteiger partial charge >= 0.3 is 0 Å². The molecule has 0 spiro atoms. The fraction of sp³-hybridized carbons (Fsp3) is 0.353. The summed E-state index contributed by atoms with van der Waals surface area (Å²) in [6.07, 6.45) is 2.81. The fourth-order valence-electron chi connectivity index (χ4n) is 2.65. The molecule has 0 saturated heterocycles. The van der Waals surface area contributed by atoms with Crippen molar-refractivity contribution in [2.24, 2.45) is 0 Å². The van der Waals surface area contributed by atoms with Crippen LogP contribution < -0.4 is 0 Å². The second kappa shape index (κ2) is 5.16. The van der Waals surface area contributed by atoms with E-state index in [9.17, 15) is 0 Å². The lowest BCUT2D eigenvalue weighted by molar-refractivity contribution is 0.715. The maximum absolute atomic E-state index is 4.02. The standard InChI is InChI=1S/C17H21N3/c1-11(2)13-4-5-14-9-15(19-17(14)10-13)8-12(3)16-6-7-18-20-16/h4-7,9-12,19H,8H2,1-3H3,(H,18,20). The van der Waals surface area contributed by atoms with E-state index >= 15 is 0 Å². The predicted molar refractivity (Wildman–Crippen MR) is 83.1 cm³/mol. The zero-order valence-electron chi connectivity index (χ0n) is 12.3. The normalized spacial score (nSPS) is 13.2. The first-order chi connectivity index (χ1) is 9.63. The highest BCUT2D eigenvalue weighted by molar-refractivity contribution is 5.81. The Morgan fingerprint density at radius 1 is 1.10 bits per heavy atom. The van der Waals surface area contributed by atoms with Crippen LogP contribution in [0.5, 0.6) is 0 Å². The molecule has 0 aliphatic heterocycles. The van der Waals surface area contributed by atoms with Gasteiger partial charge in [-0.3, -0.25) is 5.10 Å². The molecule has 0 radical (unpaired) electrons. The van der Waals surface area contributed by atoms with Crippen LogP contribution in [0.2, 0.25) is 0 Å². The molecule has 3 rings (SSSR count). The summed E-state index contributed by atoms with van der Waals surface area (Å²) in [5.41, 5.74) is 5.09. The summed E-state index contributed by atoms with van der Waals surface area (Å²) >= 11 is 0. The predicted octanol–water partition coefficient (Wildman–Crippen LogP) is 4.36. The number of hydrogen-bond acceptors (Lipinski definition) is 1. The first kappa shape index (κ1) is 13.0. The molecule has 2 heterocycles. The molecule has 20 heavy (non-hydrogen) atoms. The second-order valence-electron chi connectivity index (χ2n) is 5.91. The average molecular weight is 267 g/mol. The first-order valence-electron chi connectivity index (χ1n) is 7.24. The Morgan fingerprint density at radius 2 is 1.95 bits per heavy atom. The molecule has 0 aliphatic carbocycles. The zero-order valence-corrected chi connectivity index (χ0v) is 12.3. The smallest absolute Gasteiger partial charge is 0.0490 e. The third kappa shape index (κ3) is 2.48. The van der Waals surface area contributed by atoms with E-state index in [-0.39, 0.29) is 0 Å². The van der Waals surface area contributed by atoms with Crippen molar-refractivity contribution in [3.63, 3.8) is 0 Å². The van der Waals surface area contributed by atoms with Crippen LogP contribution in [0.1, 0.15) is 49.6 Å². The van der Waals surface area contributed by atoms with E-state index in [1.165, 1.54) is 27.9 Å². The lowest BCUT2D eigenvalue weighted by atomic mass is 10.0. The van der Waals surface area contributed by atoms with Crippen LogP contribution in [0.15, 0.2) is 36.5 Å². The Hall–Kier alpha value is -2.03. The molecule has 0 fully saturated rings. The molecule has 0 saturated carbocycles. The second-order valence-corrected chi connectivity index (χ2v) is 5.91. The largest absolute Gasteiger partial charge is 0.358 e. The van der Waals surface area contributed by atoms with E-state index < -0.39 is 0 Å². The zero-order chi connectivity index (χ0) is 14.1. The number of nitrogens with one attached hydrogen (secondary N) is 2. The number of fused-ring (bicyclic) bond motifs is 1. The topological polar surface area (TPSA) is 44.5 Å². The quantitative estimate of drug-likeness (QED) is 0.724. The van der Waals surface area contributed by atoms with Gasteiger partial charge in [0.1, 0.15) is 0 Å². The lowest BCUT2D eigenvalue weighted by Gasteiger charge is -2.07. The van der Waals surface area contributed by atoms with Crippen molar-refractivity contribution in [1.29, 1.82) is 0 Å². The number of nitrogens with zero attached hydrogens (tertiary/aromatic N) is 1. The molecule has 0 bridgehead atoms. The van der Waals surface area contributed by atoms with Gasteiger partial charge in [-0.2, -0.15) is 5.10 Å². The molecular formula is C17H21N3. The van der Waals surface area contributed by atoms with E-state index in [0.29, 0.717) is 11.8 Å². The monoisotopic (exact) mass is 267 g/mol. The molecule has 2 N–H and O–H groups in total. The average Bonchev–Trinajstić information content (AvgIpc) is 3.06. The van der Waals surface area contributed by atoms with Crippen molar-refractivity contribution in [3.05, 3.63) is 53.5 Å². The molecule has 1 unspecified atom stereocenters. The Kier molecular flexibility index (Phi) is 3.35. The molecular weight excluding hydrogens is 246 g/mol. The van der Waals surface area contributed by atoms with Gasteiger partial charge in [0.05, 0.1) is 0 Å². The molecule has 1 atom stereocenters. The van der Waals surface area contributed by atoms with Gasteiger partial charge in [0.15, 0.2) is 0 Å². The van der Waals surface area contributed by atoms with Crippen LogP contribution in [0.25, 0.3) is 10.9 Å². The summed E-state index contributed by atoms with van der Waals surface area (Å²) < 4.78 is 0. The van der Waals surface area contributed by atoms with Crippen LogP contribution in [-0.2, 0) is 6.42 Å². The number of H-pyrrole nitrogens is 2. The van der Waals surface area contributed by atoms with E-state index in [4.69, 9.17) is 0 Å². The van der Waals surface area contributed by atoms with E-state index in [0.717, 1.165) is 6.42 Å². The molecule has 3 heteroatoms. The summed E-state index contributed by atoms with van der Waals surface area (Å²) in [6, 6.07) is 11.0. The van der Waals surface area contributed by atoms with Gasteiger partial charge in [-0.05, 0) is 41.5 Å². The van der Waals surface area contributed by atoms with Crippen LogP contribution >= 0.6 is 0 Å². The number of hydrogen-bond donors (Lipinski definition) is 2. The minimum absolute atomic E-state index is 0.440. The van der Waals surface area contributed by atoms with Gasteiger partial charge in [0, 0.05) is 29.0 Å². The number of benzene rings is 1. The molecule has 1 aromatic carbocycles. The van der Waals surface area contributed by atoms with Crippen LogP contribution in [0, 0.1) is 0 Å². The van der Waals surface area contributed by atoms with Gasteiger partial charge in [-0.15, -0.1) is 0 Å². The SMILES string of the molecule is CC(C)c1ccc2cc(CC(C)c3ccn[nH]3)[nH]c2c1. The fourth-order valence-corrected chi connectivity index (χ4v) is 2.65. The Bertz CT molecular complexity index is 692. The summed E-state index contributed by atoms with van der Waals surface area (Å²) in [4.78, 5) is 3.55. The van der Waals surface area contributed by atoms with Crippen LogP contribution in [0.4, 0.5) is 0 Å². The highest BCUT2D eigenvalue weighted by Crippen LogP contribution is 2.24. The summed E-state index contributed by atoms with van der Waals surface area (Å²) in [5, 5.41) is 8.37. The van der Waals surface area contributed by atoms with E-state index in [1.807, 2.05) is 12.3 Å². The molecule has 104 valence electrons. The Morgan fingerprint density at radius 3 is 2.65 bits per heavy atom. The molecule has 3 aromatic rings. The lowest BCUT2D eigenvalue weighted by Crippen LogP contribution is -1.99. The van der Waals surface area contributed by atoms with Gasteiger partial charge in [-0.25, -0.2) is 0 Å². The maximum atomic E-state index is 4.02. The number of aromatic nitrogens is 3. The number of rotatable bonds is 4. The van der Waals surface area contributed by atoms with Crippen molar-refractivity contribution >= 4 is 10.9 Å². The molecule has 0 aliphatic rings. The van der Waals surface area contributed by atoms with E-state index in [1.54, 1.807) is 0 Å². The molecule has 3 nitrogen and oxygen atoms in total. The highest BCUT2D eigenvalue weighted by atomic mass is 15.1. The summed E-state index contributed by atoms with van der Waals surface area (Å²) in [5.74, 6) is 1.00. The van der Waals surface area contributed by atoms with Gasteiger partial charge < -0.3 is 4.98 Å². The Labute approximate surface area is 119 Å². The summed E-state index contributed by atoms with van der Waals surface area (Å²) in [6.45, 7) is 6.68. The van der Waals surface area contributed by atoms with Crippen molar-refractivity contribution in [1.82, 2.24) is 15.2 Å². The summed E-state index contributed by atoms with van der Waals surface area (Å²) in [7, 11) is 0. The van der Waals surface area contributed by atoms with Crippen LogP contribution in [0.3, 0.4) is 0 Å². The minimum Gasteiger partial charge on any atom is -0.358 e. The first-order valence-corrected chi connectivity index (χ1v) is 7.24. The van der Waals surface area contributed by atoms with Gasteiger partial charge in [0.2, 0.25) is 0 Å². The van der Waals surface area contributed by atoms with Crippen molar-refractivity contribution < 1.29 is 0 Å². The van der Waals surface area contributed by atoms with Crippen molar-refractivity contribution in [2.45, 2.75) is 39.0 Å². The maximum Gasteiger partial charge on any atom is 0.0490 e. The van der Waals surface area contributed by atoms with Gasteiger partial charge in [0.25, 0.3) is 0 Å². The van der Waals surface area contributed by atoms with Gasteiger partial charge in [-0.1, -0.05) is 32.9 Å². The third-order valence-corrected chi connectivity index (χ3v) is 3.95. The third-order valence-electron chi connectivity index (χ3n) is 3.95. The number of aromatic amines is 2. The minimum atomic E-state index is 0.440. The Balaban J connectivity index is 1.85. The van der Waals surface area contributed by atoms with Crippen molar-refractivity contribution in [3.8, 4) is 0 Å². The molecule has 2 aromatic heterocycles. The van der Waals surface area contributed by atoms with E-state index in [2.05, 4.69) is 60.2 Å². The van der Waals surface area contributed by atoms with Crippen LogP contribution in [-0.4, -0.2) is 15.2 Å². The van der Waals surface area contributed by atoms with Crippen molar-refractivity contribution in [2.75, 3.05) is 0 Å². The highest BCUT2D eigenvalue weighted by Gasteiger charge is 2.10.